The van der Waals surface area contributed by atoms with Crippen molar-refractivity contribution in [3.05, 3.63) is 35.9 Å². The number of halogens is 1. The topological polar surface area (TPSA) is 17.1 Å². The Bertz CT molecular complexity index is 348. The van der Waals surface area contributed by atoms with Crippen LogP contribution in [-0.2, 0) is 4.79 Å². The molecule has 0 aromatic heterocycles. The Balaban J connectivity index is 2.12. The van der Waals surface area contributed by atoms with Gasteiger partial charge in [-0.15, -0.1) is 0 Å². The Labute approximate surface area is 122 Å². The maximum atomic E-state index is 10.6. The highest BCUT2D eigenvalue weighted by Crippen LogP contribution is 2.25. The van der Waals surface area contributed by atoms with Crippen LogP contribution in [0.15, 0.2) is 30.3 Å². The van der Waals surface area contributed by atoms with Crippen molar-refractivity contribution in [2.45, 2.75) is 64.2 Å². The van der Waals surface area contributed by atoms with Gasteiger partial charge in [0.25, 0.3) is 0 Å². The van der Waals surface area contributed by atoms with E-state index in [4.69, 9.17) is 11.6 Å². The van der Waals surface area contributed by atoms with Crippen molar-refractivity contribution in [3.63, 3.8) is 0 Å². The van der Waals surface area contributed by atoms with E-state index in [0.717, 1.165) is 12.8 Å². The second-order valence-electron chi connectivity index (χ2n) is 5.18. The standard InChI is InChI=1S/C17H25ClO/c1-2-15(16-12-8-6-9-13-16)11-7-4-3-5-10-14-17(18)19/h6,8-9,12-13,15H,2-5,7,10-11,14H2,1H3. The van der Waals surface area contributed by atoms with Crippen LogP contribution in [0.5, 0.6) is 0 Å². The molecule has 1 rings (SSSR count). The smallest absolute Gasteiger partial charge is 0.221 e. The molecule has 0 fully saturated rings. The summed E-state index contributed by atoms with van der Waals surface area (Å²) in [7, 11) is 0. The Morgan fingerprint density at radius 3 is 2.32 bits per heavy atom. The van der Waals surface area contributed by atoms with Crippen molar-refractivity contribution in [1.29, 1.82) is 0 Å². The van der Waals surface area contributed by atoms with Gasteiger partial charge in [-0.25, -0.2) is 0 Å². The zero-order valence-corrected chi connectivity index (χ0v) is 12.7. The second kappa shape index (κ2) is 10.0. The Morgan fingerprint density at radius 1 is 1.05 bits per heavy atom. The molecule has 0 aliphatic rings. The summed E-state index contributed by atoms with van der Waals surface area (Å²) < 4.78 is 0. The Hall–Kier alpha value is -0.820. The highest BCUT2D eigenvalue weighted by Gasteiger charge is 2.08. The molecule has 0 saturated heterocycles. The quantitative estimate of drug-likeness (QED) is 0.398. The first-order valence-corrected chi connectivity index (χ1v) is 7.85. The van der Waals surface area contributed by atoms with Crippen LogP contribution in [0.1, 0.15) is 69.8 Å². The van der Waals surface area contributed by atoms with E-state index in [1.807, 2.05) is 0 Å². The van der Waals surface area contributed by atoms with E-state index < -0.39 is 0 Å². The molecule has 1 unspecified atom stereocenters. The van der Waals surface area contributed by atoms with Crippen LogP contribution >= 0.6 is 11.6 Å². The van der Waals surface area contributed by atoms with E-state index in [1.54, 1.807) is 0 Å². The van der Waals surface area contributed by atoms with Crippen molar-refractivity contribution >= 4 is 16.8 Å². The minimum absolute atomic E-state index is 0.199. The van der Waals surface area contributed by atoms with Gasteiger partial charge in [-0.05, 0) is 42.3 Å². The van der Waals surface area contributed by atoms with Crippen molar-refractivity contribution < 1.29 is 4.79 Å². The number of hydrogen-bond acceptors (Lipinski definition) is 1. The van der Waals surface area contributed by atoms with Crippen molar-refractivity contribution in [2.75, 3.05) is 0 Å². The molecule has 106 valence electrons. The molecule has 1 atom stereocenters. The number of carbonyl (C=O) groups excluding carboxylic acids is 1. The minimum Gasteiger partial charge on any atom is -0.281 e. The lowest BCUT2D eigenvalue weighted by atomic mass is 9.91. The number of hydrogen-bond donors (Lipinski definition) is 0. The van der Waals surface area contributed by atoms with Gasteiger partial charge in [0.1, 0.15) is 0 Å². The molecule has 0 radical (unpaired) electrons. The third kappa shape index (κ3) is 7.37. The van der Waals surface area contributed by atoms with Gasteiger partial charge in [0, 0.05) is 6.42 Å². The molecule has 0 N–H and O–H groups in total. The summed E-state index contributed by atoms with van der Waals surface area (Å²) in [5.74, 6) is 0.700. The third-order valence-corrected chi connectivity index (χ3v) is 3.88. The number of carbonyl (C=O) groups is 1. The second-order valence-corrected chi connectivity index (χ2v) is 5.60. The highest BCUT2D eigenvalue weighted by molar-refractivity contribution is 6.63. The van der Waals surface area contributed by atoms with Crippen molar-refractivity contribution in [2.24, 2.45) is 0 Å². The van der Waals surface area contributed by atoms with Gasteiger partial charge in [0.05, 0.1) is 0 Å². The summed E-state index contributed by atoms with van der Waals surface area (Å²) in [6, 6.07) is 10.8. The van der Waals surface area contributed by atoms with E-state index in [0.29, 0.717) is 12.3 Å². The molecular formula is C17H25ClO. The molecule has 0 amide bonds. The maximum absolute atomic E-state index is 10.6. The summed E-state index contributed by atoms with van der Waals surface area (Å²) in [5, 5.41) is -0.199. The number of rotatable bonds is 10. The van der Waals surface area contributed by atoms with Crippen LogP contribution < -0.4 is 0 Å². The first-order valence-electron chi connectivity index (χ1n) is 7.47. The van der Waals surface area contributed by atoms with Crippen LogP contribution in [0.25, 0.3) is 0 Å². The molecule has 0 bridgehead atoms. The third-order valence-electron chi connectivity index (χ3n) is 3.69. The van der Waals surface area contributed by atoms with Crippen molar-refractivity contribution in [1.82, 2.24) is 0 Å². The molecule has 2 heteroatoms. The normalized spacial score (nSPS) is 12.3. The maximum Gasteiger partial charge on any atom is 0.221 e. The summed E-state index contributed by atoms with van der Waals surface area (Å²) in [6.45, 7) is 2.27. The molecule has 1 aromatic rings. The summed E-state index contributed by atoms with van der Waals surface area (Å²) in [6.07, 6.45) is 8.85. The van der Waals surface area contributed by atoms with Gasteiger partial charge in [-0.2, -0.15) is 0 Å². The van der Waals surface area contributed by atoms with E-state index in [9.17, 15) is 4.79 Å². The summed E-state index contributed by atoms with van der Waals surface area (Å²) >= 11 is 5.31. The molecule has 0 aliphatic carbocycles. The lowest BCUT2D eigenvalue weighted by molar-refractivity contribution is -0.111. The van der Waals surface area contributed by atoms with Gasteiger partial charge in [-0.1, -0.05) is 62.9 Å². The fourth-order valence-corrected chi connectivity index (χ4v) is 2.65. The van der Waals surface area contributed by atoms with Gasteiger partial charge < -0.3 is 0 Å². The molecule has 0 spiro atoms. The van der Waals surface area contributed by atoms with Crippen molar-refractivity contribution in [3.8, 4) is 0 Å². The molecule has 0 saturated carbocycles. The number of unbranched alkanes of at least 4 members (excludes halogenated alkanes) is 4. The predicted molar refractivity (Wildman–Crippen MR) is 82.7 cm³/mol. The molecular weight excluding hydrogens is 256 g/mol. The van der Waals surface area contributed by atoms with E-state index in [2.05, 4.69) is 37.3 Å². The fraction of sp³-hybridized carbons (Fsp3) is 0.588. The van der Waals surface area contributed by atoms with Gasteiger partial charge in [0.2, 0.25) is 5.24 Å². The zero-order valence-electron chi connectivity index (χ0n) is 11.9. The van der Waals surface area contributed by atoms with E-state index >= 15 is 0 Å². The average molecular weight is 281 g/mol. The van der Waals surface area contributed by atoms with Gasteiger partial charge in [0.15, 0.2) is 0 Å². The summed E-state index contributed by atoms with van der Waals surface area (Å²) in [4.78, 5) is 10.6. The Morgan fingerprint density at radius 2 is 1.68 bits per heavy atom. The Kier molecular flexibility index (Phi) is 8.57. The van der Waals surface area contributed by atoms with Crippen LogP contribution in [0.2, 0.25) is 0 Å². The average Bonchev–Trinajstić information content (AvgIpc) is 2.42. The minimum atomic E-state index is -0.199. The molecule has 0 aliphatic heterocycles. The first-order chi connectivity index (χ1) is 9.24. The zero-order chi connectivity index (χ0) is 13.9. The molecule has 0 heterocycles. The molecule has 19 heavy (non-hydrogen) atoms. The largest absolute Gasteiger partial charge is 0.281 e. The fourth-order valence-electron chi connectivity index (χ4n) is 2.52. The SMILES string of the molecule is CCC(CCCCCCCC(=O)Cl)c1ccccc1. The van der Waals surface area contributed by atoms with Crippen LogP contribution in [-0.4, -0.2) is 5.24 Å². The monoisotopic (exact) mass is 280 g/mol. The van der Waals surface area contributed by atoms with Crippen LogP contribution in [0.3, 0.4) is 0 Å². The lowest BCUT2D eigenvalue weighted by Gasteiger charge is -2.15. The first kappa shape index (κ1) is 16.2. The molecule has 1 nitrogen and oxygen atoms in total. The molecule has 1 aromatic carbocycles. The van der Waals surface area contributed by atoms with Gasteiger partial charge >= 0.3 is 0 Å². The van der Waals surface area contributed by atoms with E-state index in [-0.39, 0.29) is 5.24 Å². The predicted octanol–water partition coefficient (Wildman–Crippen LogP) is 5.68. The number of benzene rings is 1. The lowest BCUT2D eigenvalue weighted by Crippen LogP contribution is -1.97. The van der Waals surface area contributed by atoms with Crippen LogP contribution in [0.4, 0.5) is 0 Å². The van der Waals surface area contributed by atoms with Gasteiger partial charge in [-0.3, -0.25) is 4.79 Å². The highest BCUT2D eigenvalue weighted by atomic mass is 35.5. The van der Waals surface area contributed by atoms with E-state index in [1.165, 1.54) is 37.7 Å². The summed E-state index contributed by atoms with van der Waals surface area (Å²) in [5.41, 5.74) is 1.47. The van der Waals surface area contributed by atoms with Crippen LogP contribution in [0, 0.1) is 0 Å².